The van der Waals surface area contributed by atoms with Crippen LogP contribution in [0.4, 0.5) is 5.69 Å². The molecule has 0 unspecified atom stereocenters. The molecule has 3 heterocycles. The molecule has 0 aliphatic rings. The van der Waals surface area contributed by atoms with Crippen molar-refractivity contribution in [1.29, 1.82) is 0 Å². The van der Waals surface area contributed by atoms with E-state index in [1.165, 1.54) is 0 Å². The van der Waals surface area contributed by atoms with Gasteiger partial charge in [-0.2, -0.15) is 0 Å². The maximum atomic E-state index is 6.24. The molecule has 3 aromatic rings. The second-order valence-corrected chi connectivity index (χ2v) is 5.03. The van der Waals surface area contributed by atoms with Gasteiger partial charge in [0.05, 0.1) is 9.90 Å². The third-order valence-electron chi connectivity index (χ3n) is 2.53. The second-order valence-electron chi connectivity index (χ2n) is 3.78. The maximum Gasteiger partial charge on any atom is 0.180 e. The third-order valence-corrected chi connectivity index (χ3v) is 4.22. The summed E-state index contributed by atoms with van der Waals surface area (Å²) in [6.45, 7) is 1.97. The average molecular weight is 265 g/mol. The molecule has 17 heavy (non-hydrogen) atoms. The first-order valence-corrected chi connectivity index (χ1v) is 6.27. The van der Waals surface area contributed by atoms with Gasteiger partial charge in [-0.25, -0.2) is 0 Å². The molecule has 0 aliphatic carbocycles. The first-order chi connectivity index (χ1) is 8.16. The van der Waals surface area contributed by atoms with Crippen molar-refractivity contribution >= 4 is 34.3 Å². The molecule has 3 rings (SSSR count). The van der Waals surface area contributed by atoms with E-state index in [1.807, 2.05) is 22.8 Å². The lowest BCUT2D eigenvalue weighted by Crippen LogP contribution is -1.92. The van der Waals surface area contributed by atoms with Crippen molar-refractivity contribution < 1.29 is 0 Å². The lowest BCUT2D eigenvalue weighted by molar-refractivity contribution is 1.12. The van der Waals surface area contributed by atoms with E-state index in [9.17, 15) is 0 Å². The zero-order valence-corrected chi connectivity index (χ0v) is 10.6. The van der Waals surface area contributed by atoms with E-state index in [4.69, 9.17) is 17.3 Å². The van der Waals surface area contributed by atoms with E-state index < -0.39 is 0 Å². The topological polar surface area (TPSA) is 56.2 Å². The highest BCUT2D eigenvalue weighted by Crippen LogP contribution is 2.35. The Labute approximate surface area is 107 Å². The first-order valence-electron chi connectivity index (χ1n) is 5.01. The molecule has 2 N–H and O–H groups in total. The van der Waals surface area contributed by atoms with E-state index in [2.05, 4.69) is 10.2 Å². The van der Waals surface area contributed by atoms with Crippen LogP contribution >= 0.6 is 22.9 Å². The molecule has 3 aromatic heterocycles. The van der Waals surface area contributed by atoms with Gasteiger partial charge in [0, 0.05) is 11.9 Å². The summed E-state index contributed by atoms with van der Waals surface area (Å²) in [5, 5.41) is 11.0. The molecule has 0 amide bonds. The summed E-state index contributed by atoms with van der Waals surface area (Å²) in [7, 11) is 0. The van der Waals surface area contributed by atoms with Crippen LogP contribution in [0.3, 0.4) is 0 Å². The molecule has 0 spiro atoms. The first kappa shape index (κ1) is 10.6. The van der Waals surface area contributed by atoms with Crippen LogP contribution in [-0.2, 0) is 0 Å². The number of hydrogen-bond donors (Lipinski definition) is 1. The van der Waals surface area contributed by atoms with Gasteiger partial charge in [-0.15, -0.1) is 21.5 Å². The molecule has 0 radical (unpaired) electrons. The Morgan fingerprint density at radius 1 is 1.35 bits per heavy atom. The predicted octanol–water partition coefficient (Wildman–Crippen LogP) is 3.00. The quantitative estimate of drug-likeness (QED) is 0.735. The lowest BCUT2D eigenvalue weighted by atomic mass is 10.3. The molecule has 0 aromatic carbocycles. The summed E-state index contributed by atoms with van der Waals surface area (Å²) in [5.41, 5.74) is 8.25. The molecule has 0 saturated heterocycles. The molecular weight excluding hydrogens is 256 g/mol. The van der Waals surface area contributed by atoms with E-state index in [0.717, 1.165) is 26.9 Å². The van der Waals surface area contributed by atoms with Crippen LogP contribution in [0.5, 0.6) is 0 Å². The van der Waals surface area contributed by atoms with Gasteiger partial charge in [0.15, 0.2) is 11.5 Å². The number of nitrogens with zero attached hydrogens (tertiary/aromatic N) is 3. The second kappa shape index (κ2) is 3.72. The van der Waals surface area contributed by atoms with Crippen LogP contribution in [0.25, 0.3) is 16.3 Å². The minimum atomic E-state index is 0.669. The monoisotopic (exact) mass is 264 g/mol. The molecule has 0 aliphatic heterocycles. The number of hydrogen-bond acceptors (Lipinski definition) is 4. The Morgan fingerprint density at radius 2 is 2.18 bits per heavy atom. The van der Waals surface area contributed by atoms with Gasteiger partial charge in [-0.05, 0) is 30.0 Å². The minimum Gasteiger partial charge on any atom is -0.398 e. The summed E-state index contributed by atoms with van der Waals surface area (Å²) in [5.74, 6) is 0.732. The van der Waals surface area contributed by atoms with Gasteiger partial charge >= 0.3 is 0 Å². The molecule has 6 heteroatoms. The highest BCUT2D eigenvalue weighted by molar-refractivity contribution is 7.14. The number of pyridine rings is 1. The lowest BCUT2D eigenvalue weighted by Gasteiger charge is -1.99. The maximum absolute atomic E-state index is 6.24. The minimum absolute atomic E-state index is 0.669. The summed E-state index contributed by atoms with van der Waals surface area (Å²) < 4.78 is 1.85. The van der Waals surface area contributed by atoms with Crippen molar-refractivity contribution in [2.24, 2.45) is 0 Å². The highest BCUT2D eigenvalue weighted by Gasteiger charge is 2.14. The standard InChI is InChI=1S/C11H9ClN4S/c1-6-5-17-10(9(6)12)11-15-14-8-3-2-7(13)4-16(8)11/h2-5H,13H2,1H3. The Balaban J connectivity index is 2.31. The van der Waals surface area contributed by atoms with Crippen LogP contribution in [0.1, 0.15) is 5.56 Å². The normalized spacial score (nSPS) is 11.2. The summed E-state index contributed by atoms with van der Waals surface area (Å²) >= 11 is 7.80. The van der Waals surface area contributed by atoms with E-state index in [1.54, 1.807) is 23.6 Å². The molecule has 0 bridgehead atoms. The summed E-state index contributed by atoms with van der Waals surface area (Å²) in [6, 6.07) is 3.63. The Kier molecular flexibility index (Phi) is 2.31. The van der Waals surface area contributed by atoms with Crippen LogP contribution in [0.2, 0.25) is 5.02 Å². The third kappa shape index (κ3) is 1.59. The van der Waals surface area contributed by atoms with Crippen molar-refractivity contribution in [3.63, 3.8) is 0 Å². The van der Waals surface area contributed by atoms with Crippen LogP contribution in [0.15, 0.2) is 23.7 Å². The number of nitrogens with two attached hydrogens (primary N) is 1. The molecule has 0 atom stereocenters. The molecule has 86 valence electrons. The van der Waals surface area contributed by atoms with Crippen molar-refractivity contribution in [3.05, 3.63) is 34.3 Å². The fraction of sp³-hybridized carbons (Fsp3) is 0.0909. The number of aryl methyl sites for hydroxylation is 1. The van der Waals surface area contributed by atoms with Crippen molar-refractivity contribution in [2.45, 2.75) is 6.92 Å². The van der Waals surface area contributed by atoms with E-state index >= 15 is 0 Å². The van der Waals surface area contributed by atoms with E-state index in [0.29, 0.717) is 5.69 Å². The van der Waals surface area contributed by atoms with Gasteiger partial charge in [-0.3, -0.25) is 4.40 Å². The SMILES string of the molecule is Cc1csc(-c2nnc3ccc(N)cn23)c1Cl. The fourth-order valence-electron chi connectivity index (χ4n) is 1.64. The number of halogens is 1. The van der Waals surface area contributed by atoms with Crippen LogP contribution in [-0.4, -0.2) is 14.6 Å². The van der Waals surface area contributed by atoms with Gasteiger partial charge in [-0.1, -0.05) is 11.6 Å². The molecular formula is C11H9ClN4S. The zero-order chi connectivity index (χ0) is 12.0. The van der Waals surface area contributed by atoms with Gasteiger partial charge in [0.1, 0.15) is 0 Å². The van der Waals surface area contributed by atoms with Crippen LogP contribution in [0, 0.1) is 6.92 Å². The van der Waals surface area contributed by atoms with Crippen LogP contribution < -0.4 is 5.73 Å². The molecule has 0 saturated carbocycles. The number of aromatic nitrogens is 3. The molecule has 0 fully saturated rings. The van der Waals surface area contributed by atoms with Crippen molar-refractivity contribution in [2.75, 3.05) is 5.73 Å². The number of fused-ring (bicyclic) bond motifs is 1. The number of nitrogen functional groups attached to an aromatic ring is 1. The fourth-order valence-corrected chi connectivity index (χ4v) is 2.90. The number of rotatable bonds is 1. The highest BCUT2D eigenvalue weighted by atomic mass is 35.5. The predicted molar refractivity (Wildman–Crippen MR) is 70.5 cm³/mol. The zero-order valence-electron chi connectivity index (χ0n) is 9.01. The van der Waals surface area contributed by atoms with Gasteiger partial charge in [0.2, 0.25) is 0 Å². The Bertz CT molecular complexity index is 701. The van der Waals surface area contributed by atoms with Crippen molar-refractivity contribution in [1.82, 2.24) is 14.6 Å². The smallest absolute Gasteiger partial charge is 0.180 e. The van der Waals surface area contributed by atoms with Gasteiger partial charge < -0.3 is 5.73 Å². The molecule has 4 nitrogen and oxygen atoms in total. The largest absolute Gasteiger partial charge is 0.398 e. The number of anilines is 1. The Morgan fingerprint density at radius 3 is 2.88 bits per heavy atom. The average Bonchev–Trinajstić information content (AvgIpc) is 2.84. The summed E-state index contributed by atoms with van der Waals surface area (Å²) in [6.07, 6.45) is 1.80. The number of thiophene rings is 1. The Hall–Kier alpha value is -1.59. The van der Waals surface area contributed by atoms with Gasteiger partial charge in [0.25, 0.3) is 0 Å². The van der Waals surface area contributed by atoms with E-state index in [-0.39, 0.29) is 0 Å². The van der Waals surface area contributed by atoms with Crippen molar-refractivity contribution in [3.8, 4) is 10.7 Å². The summed E-state index contributed by atoms with van der Waals surface area (Å²) in [4.78, 5) is 0.919.